The molecule has 0 N–H and O–H groups in total. The second kappa shape index (κ2) is 7.66. The highest BCUT2D eigenvalue weighted by Gasteiger charge is 2.23. The monoisotopic (exact) mass is 381 g/mol. The summed E-state index contributed by atoms with van der Waals surface area (Å²) >= 11 is 0. The van der Waals surface area contributed by atoms with Gasteiger partial charge in [-0.15, -0.1) is 0 Å². The average Bonchev–Trinajstić information content (AvgIpc) is 2.72. The van der Waals surface area contributed by atoms with Crippen molar-refractivity contribution in [2.24, 2.45) is 0 Å². The zero-order valence-corrected chi connectivity index (χ0v) is 16.3. The Kier molecular flexibility index (Phi) is 5.07. The predicted molar refractivity (Wildman–Crippen MR) is 107 cm³/mol. The van der Waals surface area contributed by atoms with Gasteiger partial charge in [0, 0.05) is 20.2 Å². The topological polar surface area (TPSA) is 61.1 Å². The van der Waals surface area contributed by atoms with Crippen LogP contribution in [0.4, 0.5) is 0 Å². The van der Waals surface area contributed by atoms with Crippen molar-refractivity contribution in [1.82, 2.24) is 4.90 Å². The summed E-state index contributed by atoms with van der Waals surface area (Å²) in [5.41, 5.74) is 2.84. The number of aryl methyl sites for hydroxylation is 1. The zero-order chi connectivity index (χ0) is 19.7. The summed E-state index contributed by atoms with van der Waals surface area (Å²) in [4.78, 5) is 15.4. The number of fused-ring (bicyclic) bond motifs is 3. The molecule has 2 heterocycles. The van der Waals surface area contributed by atoms with Gasteiger partial charge in [-0.25, -0.2) is 0 Å². The van der Waals surface area contributed by atoms with Crippen LogP contribution < -0.4 is 14.9 Å². The molecule has 2 aromatic carbocycles. The fraction of sp³-hybridized carbons (Fsp3) is 0.318. The molecular weight excluding hydrogens is 358 g/mol. The van der Waals surface area contributed by atoms with Crippen LogP contribution in [0.3, 0.4) is 0 Å². The van der Waals surface area contributed by atoms with E-state index in [0.29, 0.717) is 42.2 Å². The van der Waals surface area contributed by atoms with Crippen molar-refractivity contribution < 1.29 is 18.6 Å². The lowest BCUT2D eigenvalue weighted by Crippen LogP contribution is -2.34. The van der Waals surface area contributed by atoms with Gasteiger partial charge in [-0.3, -0.25) is 9.69 Å². The van der Waals surface area contributed by atoms with Gasteiger partial charge >= 0.3 is 0 Å². The van der Waals surface area contributed by atoms with Gasteiger partial charge in [0.25, 0.3) is 0 Å². The fourth-order valence-electron chi connectivity index (χ4n) is 3.57. The van der Waals surface area contributed by atoms with Crippen molar-refractivity contribution in [3.05, 3.63) is 57.9 Å². The molecule has 0 spiro atoms. The van der Waals surface area contributed by atoms with Crippen LogP contribution in [0.1, 0.15) is 11.3 Å². The molecule has 6 nitrogen and oxygen atoms in total. The number of methoxy groups -OCH3 is 2. The molecule has 6 heteroatoms. The molecule has 0 amide bonds. The lowest BCUT2D eigenvalue weighted by molar-refractivity contribution is 0.0658. The van der Waals surface area contributed by atoms with Crippen LogP contribution >= 0.6 is 0 Å². The number of rotatable bonds is 5. The van der Waals surface area contributed by atoms with Crippen molar-refractivity contribution in [3.63, 3.8) is 0 Å². The van der Waals surface area contributed by atoms with Crippen molar-refractivity contribution in [1.29, 1.82) is 0 Å². The van der Waals surface area contributed by atoms with E-state index in [-0.39, 0.29) is 5.43 Å². The highest BCUT2D eigenvalue weighted by atomic mass is 16.5. The molecular formula is C22H23NO5. The lowest BCUT2D eigenvalue weighted by atomic mass is 10.0. The molecule has 146 valence electrons. The molecule has 0 bridgehead atoms. The molecule has 0 aliphatic carbocycles. The van der Waals surface area contributed by atoms with Gasteiger partial charge in [-0.1, -0.05) is 12.1 Å². The minimum absolute atomic E-state index is 0.0410. The Bertz CT molecular complexity index is 1060. The maximum Gasteiger partial charge on any atom is 0.200 e. The molecule has 0 saturated heterocycles. The Morgan fingerprint density at radius 2 is 1.89 bits per heavy atom. The molecule has 1 aromatic heterocycles. The average molecular weight is 381 g/mol. The Morgan fingerprint density at radius 1 is 1.11 bits per heavy atom. The lowest BCUT2D eigenvalue weighted by Gasteiger charge is -2.29. The Hall–Kier alpha value is -2.83. The fourth-order valence-corrected chi connectivity index (χ4v) is 3.57. The number of ether oxygens (including phenoxy) is 3. The highest BCUT2D eigenvalue weighted by Crippen LogP contribution is 2.34. The number of nitrogens with zero attached hydrogens (tertiary/aromatic N) is 1. The predicted octanol–water partition coefficient (Wildman–Crippen LogP) is 3.58. The van der Waals surface area contributed by atoms with E-state index in [0.717, 1.165) is 29.2 Å². The SMILES string of the molecule is COCCN1COc2ccc3c(=O)c(-c4ccc(OC)cc4)c(C)oc3c2C1. The van der Waals surface area contributed by atoms with E-state index in [1.54, 1.807) is 20.3 Å². The van der Waals surface area contributed by atoms with Crippen molar-refractivity contribution in [2.75, 3.05) is 34.1 Å². The molecule has 0 atom stereocenters. The van der Waals surface area contributed by atoms with Gasteiger partial charge in [0.1, 0.15) is 29.6 Å². The first-order valence-corrected chi connectivity index (χ1v) is 9.20. The molecule has 0 unspecified atom stereocenters. The molecule has 28 heavy (non-hydrogen) atoms. The minimum Gasteiger partial charge on any atom is -0.497 e. The largest absolute Gasteiger partial charge is 0.497 e. The van der Waals surface area contributed by atoms with Gasteiger partial charge in [0.2, 0.25) is 5.43 Å². The van der Waals surface area contributed by atoms with Crippen LogP contribution in [-0.4, -0.2) is 39.0 Å². The van der Waals surface area contributed by atoms with Crippen molar-refractivity contribution in [2.45, 2.75) is 13.5 Å². The maximum absolute atomic E-state index is 13.3. The quantitative estimate of drug-likeness (QED) is 0.673. The zero-order valence-electron chi connectivity index (χ0n) is 16.3. The smallest absolute Gasteiger partial charge is 0.200 e. The minimum atomic E-state index is -0.0410. The van der Waals surface area contributed by atoms with Gasteiger partial charge in [0.05, 0.1) is 30.2 Å². The third-order valence-corrected chi connectivity index (χ3v) is 5.07. The number of benzene rings is 2. The first kappa shape index (κ1) is 18.5. The van der Waals surface area contributed by atoms with Crippen LogP contribution in [0.5, 0.6) is 11.5 Å². The van der Waals surface area contributed by atoms with Crippen LogP contribution in [0, 0.1) is 6.92 Å². The third kappa shape index (κ3) is 3.25. The summed E-state index contributed by atoms with van der Waals surface area (Å²) in [7, 11) is 3.29. The van der Waals surface area contributed by atoms with Gasteiger partial charge in [-0.2, -0.15) is 0 Å². The molecule has 3 aromatic rings. The normalized spacial score (nSPS) is 14.0. The Morgan fingerprint density at radius 3 is 2.61 bits per heavy atom. The van der Waals surface area contributed by atoms with Crippen LogP contribution in [0.2, 0.25) is 0 Å². The van der Waals surface area contributed by atoms with E-state index in [4.69, 9.17) is 18.6 Å². The van der Waals surface area contributed by atoms with Crippen LogP contribution in [0.15, 0.2) is 45.6 Å². The summed E-state index contributed by atoms with van der Waals surface area (Å²) in [6, 6.07) is 11.1. The number of hydrogen-bond donors (Lipinski definition) is 0. The van der Waals surface area contributed by atoms with Crippen molar-refractivity contribution in [3.8, 4) is 22.6 Å². The Balaban J connectivity index is 1.81. The van der Waals surface area contributed by atoms with E-state index in [9.17, 15) is 4.79 Å². The summed E-state index contributed by atoms with van der Waals surface area (Å²) in [6.45, 7) is 4.34. The summed E-state index contributed by atoms with van der Waals surface area (Å²) in [5.74, 6) is 2.10. The summed E-state index contributed by atoms with van der Waals surface area (Å²) in [6.07, 6.45) is 0. The second-order valence-electron chi connectivity index (χ2n) is 6.83. The standard InChI is InChI=1S/C22H23NO5/c1-14-20(15-4-6-16(26-3)7-5-15)21(24)17-8-9-19-18(22(17)28-14)12-23(13-27-19)10-11-25-2/h4-9H,10-13H2,1-3H3. The van der Waals surface area contributed by atoms with E-state index in [1.165, 1.54) is 0 Å². The first-order chi connectivity index (χ1) is 13.6. The molecule has 0 saturated carbocycles. The van der Waals surface area contributed by atoms with E-state index in [2.05, 4.69) is 4.90 Å². The maximum atomic E-state index is 13.3. The summed E-state index contributed by atoms with van der Waals surface area (Å²) < 4.78 is 22.4. The van der Waals surface area contributed by atoms with Crippen LogP contribution in [0.25, 0.3) is 22.1 Å². The first-order valence-electron chi connectivity index (χ1n) is 9.20. The van der Waals surface area contributed by atoms with E-state index in [1.807, 2.05) is 37.3 Å². The third-order valence-electron chi connectivity index (χ3n) is 5.07. The van der Waals surface area contributed by atoms with E-state index < -0.39 is 0 Å². The Labute approximate surface area is 163 Å². The molecule has 1 aliphatic heterocycles. The van der Waals surface area contributed by atoms with Gasteiger partial charge < -0.3 is 18.6 Å². The highest BCUT2D eigenvalue weighted by molar-refractivity contribution is 5.86. The van der Waals surface area contributed by atoms with E-state index >= 15 is 0 Å². The second-order valence-corrected chi connectivity index (χ2v) is 6.83. The molecule has 1 aliphatic rings. The molecule has 0 fully saturated rings. The number of hydrogen-bond acceptors (Lipinski definition) is 6. The van der Waals surface area contributed by atoms with Gasteiger partial charge in [0.15, 0.2) is 0 Å². The van der Waals surface area contributed by atoms with Crippen molar-refractivity contribution >= 4 is 11.0 Å². The molecule has 0 radical (unpaired) electrons. The molecule has 4 rings (SSSR count). The van der Waals surface area contributed by atoms with Crippen LogP contribution in [-0.2, 0) is 11.3 Å². The van der Waals surface area contributed by atoms with Gasteiger partial charge in [-0.05, 0) is 36.8 Å². The summed E-state index contributed by atoms with van der Waals surface area (Å²) in [5, 5.41) is 0.562.